The van der Waals surface area contributed by atoms with Crippen LogP contribution in [0.25, 0.3) is 0 Å². The predicted octanol–water partition coefficient (Wildman–Crippen LogP) is 2.06. The Morgan fingerprint density at radius 2 is 2.09 bits per heavy atom. The second-order valence-electron chi connectivity index (χ2n) is 6.32. The second-order valence-corrected chi connectivity index (χ2v) is 6.32. The highest BCUT2D eigenvalue weighted by atomic mass is 16.5. The zero-order valence-electron chi connectivity index (χ0n) is 13.1. The van der Waals surface area contributed by atoms with Crippen molar-refractivity contribution < 1.29 is 14.3 Å². The molecule has 2 heterocycles. The van der Waals surface area contributed by atoms with Crippen LogP contribution in [-0.4, -0.2) is 43.6 Å². The fourth-order valence-electron chi connectivity index (χ4n) is 3.80. The lowest BCUT2D eigenvalue weighted by Crippen LogP contribution is -2.51. The molecule has 2 saturated heterocycles. The van der Waals surface area contributed by atoms with Gasteiger partial charge < -0.3 is 15.0 Å². The number of hydrogen-bond acceptors (Lipinski definition) is 3. The van der Waals surface area contributed by atoms with Crippen molar-refractivity contribution in [1.29, 1.82) is 0 Å². The van der Waals surface area contributed by atoms with Crippen LogP contribution in [0.2, 0.25) is 0 Å². The third-order valence-corrected chi connectivity index (χ3v) is 5.02. The Morgan fingerprint density at radius 1 is 1.36 bits per heavy atom. The van der Waals surface area contributed by atoms with Gasteiger partial charge in [0.05, 0.1) is 12.5 Å². The molecule has 0 aliphatic carbocycles. The molecule has 2 unspecified atom stereocenters. The maximum atomic E-state index is 12.6. The highest BCUT2D eigenvalue weighted by molar-refractivity contribution is 5.87. The number of hydrogen-bond donors (Lipinski definition) is 1. The number of rotatable bonds is 1. The molecule has 0 bridgehead atoms. The summed E-state index contributed by atoms with van der Waals surface area (Å²) in [7, 11) is 1.38. The fourth-order valence-corrected chi connectivity index (χ4v) is 3.80. The van der Waals surface area contributed by atoms with Gasteiger partial charge in [0.25, 0.3) is 0 Å². The van der Waals surface area contributed by atoms with Crippen LogP contribution >= 0.6 is 0 Å². The van der Waals surface area contributed by atoms with Gasteiger partial charge in [-0.3, -0.25) is 4.79 Å². The van der Waals surface area contributed by atoms with Gasteiger partial charge in [-0.1, -0.05) is 29.8 Å². The molecule has 5 nitrogen and oxygen atoms in total. The van der Waals surface area contributed by atoms with E-state index in [1.165, 1.54) is 12.7 Å². The van der Waals surface area contributed by atoms with Gasteiger partial charge in [-0.25, -0.2) is 4.79 Å². The molecule has 0 saturated carbocycles. The summed E-state index contributed by atoms with van der Waals surface area (Å²) in [4.78, 5) is 26.1. The van der Waals surface area contributed by atoms with Gasteiger partial charge in [0.1, 0.15) is 0 Å². The standard InChI is InChI=1S/C17H22N2O3/c1-12-4-6-13(7-5-12)14-10-18-15(20)17(14)8-3-9-19(11-17)16(21)22-2/h4-7,14H,3,8-11H2,1-2H3,(H,18,20). The van der Waals surface area contributed by atoms with Crippen molar-refractivity contribution >= 4 is 12.0 Å². The Bertz CT molecular complexity index is 584. The molecule has 3 rings (SSSR count). The summed E-state index contributed by atoms with van der Waals surface area (Å²) in [5, 5.41) is 3.00. The molecule has 2 aliphatic rings. The summed E-state index contributed by atoms with van der Waals surface area (Å²) in [5.74, 6) is 0.166. The zero-order valence-corrected chi connectivity index (χ0v) is 13.1. The van der Waals surface area contributed by atoms with Crippen molar-refractivity contribution in [3.05, 3.63) is 35.4 Å². The number of ether oxygens (including phenoxy) is 1. The van der Waals surface area contributed by atoms with Crippen LogP contribution < -0.4 is 5.32 Å². The minimum absolute atomic E-state index is 0.0617. The Balaban J connectivity index is 1.92. The monoisotopic (exact) mass is 302 g/mol. The van der Waals surface area contributed by atoms with Crippen LogP contribution in [0.15, 0.2) is 24.3 Å². The summed E-state index contributed by atoms with van der Waals surface area (Å²) in [6.07, 6.45) is 1.29. The molecule has 1 N–H and O–H groups in total. The van der Waals surface area contributed by atoms with Gasteiger partial charge in [-0.2, -0.15) is 0 Å². The summed E-state index contributed by atoms with van der Waals surface area (Å²) < 4.78 is 4.84. The number of amides is 2. The van der Waals surface area contributed by atoms with Gasteiger partial charge in [-0.05, 0) is 25.3 Å². The highest BCUT2D eigenvalue weighted by Gasteiger charge is 2.53. The lowest BCUT2D eigenvalue weighted by molar-refractivity contribution is -0.130. The number of likely N-dealkylation sites (tertiary alicyclic amines) is 1. The molecule has 2 aliphatic heterocycles. The quantitative estimate of drug-likeness (QED) is 0.864. The summed E-state index contributed by atoms with van der Waals surface area (Å²) in [5.41, 5.74) is 1.84. The average Bonchev–Trinajstić information content (AvgIpc) is 2.84. The second kappa shape index (κ2) is 5.63. The molecular weight excluding hydrogens is 280 g/mol. The molecule has 118 valence electrons. The molecule has 5 heteroatoms. The molecule has 2 amide bonds. The van der Waals surface area contributed by atoms with Crippen molar-refractivity contribution in [3.8, 4) is 0 Å². The maximum Gasteiger partial charge on any atom is 0.409 e. The number of carbonyl (C=O) groups is 2. The van der Waals surface area contributed by atoms with E-state index in [0.29, 0.717) is 19.6 Å². The molecule has 1 spiro atoms. The molecule has 22 heavy (non-hydrogen) atoms. The van der Waals surface area contributed by atoms with E-state index in [2.05, 4.69) is 36.5 Å². The van der Waals surface area contributed by atoms with E-state index < -0.39 is 5.41 Å². The van der Waals surface area contributed by atoms with E-state index in [4.69, 9.17) is 4.74 Å². The van der Waals surface area contributed by atoms with Crippen LogP contribution in [0.4, 0.5) is 4.79 Å². The minimum Gasteiger partial charge on any atom is -0.453 e. The number of aryl methyl sites for hydroxylation is 1. The first kappa shape index (κ1) is 14.9. The summed E-state index contributed by atoms with van der Waals surface area (Å²) in [6, 6.07) is 8.34. The highest BCUT2D eigenvalue weighted by Crippen LogP contribution is 2.46. The topological polar surface area (TPSA) is 58.6 Å². The zero-order chi connectivity index (χ0) is 15.7. The van der Waals surface area contributed by atoms with Crippen molar-refractivity contribution in [1.82, 2.24) is 10.2 Å². The van der Waals surface area contributed by atoms with Gasteiger partial charge in [0, 0.05) is 25.6 Å². The Morgan fingerprint density at radius 3 is 2.77 bits per heavy atom. The number of nitrogens with one attached hydrogen (secondary N) is 1. The van der Waals surface area contributed by atoms with Crippen LogP contribution in [-0.2, 0) is 9.53 Å². The van der Waals surface area contributed by atoms with E-state index in [1.807, 2.05) is 0 Å². The first-order chi connectivity index (χ1) is 10.6. The van der Waals surface area contributed by atoms with E-state index in [0.717, 1.165) is 18.4 Å². The van der Waals surface area contributed by atoms with Crippen LogP contribution in [0, 0.1) is 12.3 Å². The third kappa shape index (κ3) is 2.34. The van der Waals surface area contributed by atoms with Crippen LogP contribution in [0.1, 0.15) is 29.9 Å². The number of methoxy groups -OCH3 is 1. The van der Waals surface area contributed by atoms with E-state index in [9.17, 15) is 9.59 Å². The largest absolute Gasteiger partial charge is 0.453 e. The number of nitrogens with zero attached hydrogens (tertiary/aromatic N) is 1. The maximum absolute atomic E-state index is 12.6. The third-order valence-electron chi connectivity index (χ3n) is 5.02. The minimum atomic E-state index is -0.526. The lowest BCUT2D eigenvalue weighted by atomic mass is 9.69. The van der Waals surface area contributed by atoms with Crippen molar-refractivity contribution in [2.75, 3.05) is 26.7 Å². The van der Waals surface area contributed by atoms with Crippen LogP contribution in [0.5, 0.6) is 0 Å². The Hall–Kier alpha value is -2.04. The molecule has 1 aromatic carbocycles. The van der Waals surface area contributed by atoms with Crippen LogP contribution in [0.3, 0.4) is 0 Å². The van der Waals surface area contributed by atoms with E-state index in [1.54, 1.807) is 4.90 Å². The molecule has 0 aromatic heterocycles. The number of piperidine rings is 1. The SMILES string of the molecule is COC(=O)N1CCCC2(C1)C(=O)NCC2c1ccc(C)cc1. The van der Waals surface area contributed by atoms with Gasteiger partial charge >= 0.3 is 6.09 Å². The van der Waals surface area contributed by atoms with Crippen molar-refractivity contribution in [3.63, 3.8) is 0 Å². The molecule has 2 fully saturated rings. The Labute approximate surface area is 130 Å². The van der Waals surface area contributed by atoms with E-state index in [-0.39, 0.29) is 17.9 Å². The first-order valence-electron chi connectivity index (χ1n) is 7.74. The lowest BCUT2D eigenvalue weighted by Gasteiger charge is -2.41. The summed E-state index contributed by atoms with van der Waals surface area (Å²) in [6.45, 7) is 3.78. The van der Waals surface area contributed by atoms with Gasteiger partial charge in [0.15, 0.2) is 0 Å². The molecule has 2 atom stereocenters. The molecule has 1 aromatic rings. The normalized spacial score (nSPS) is 27.8. The molecular formula is C17H22N2O3. The first-order valence-corrected chi connectivity index (χ1v) is 7.74. The number of carbonyl (C=O) groups excluding carboxylic acids is 2. The van der Waals surface area contributed by atoms with E-state index >= 15 is 0 Å². The Kier molecular flexibility index (Phi) is 3.81. The molecule has 0 radical (unpaired) electrons. The summed E-state index contributed by atoms with van der Waals surface area (Å²) >= 11 is 0. The van der Waals surface area contributed by atoms with Crippen molar-refractivity contribution in [2.24, 2.45) is 5.41 Å². The van der Waals surface area contributed by atoms with Crippen molar-refractivity contribution in [2.45, 2.75) is 25.7 Å². The fraction of sp³-hybridized carbons (Fsp3) is 0.529. The smallest absolute Gasteiger partial charge is 0.409 e. The predicted molar refractivity (Wildman–Crippen MR) is 82.6 cm³/mol. The van der Waals surface area contributed by atoms with Gasteiger partial charge in [-0.15, -0.1) is 0 Å². The average molecular weight is 302 g/mol. The van der Waals surface area contributed by atoms with Gasteiger partial charge in [0.2, 0.25) is 5.91 Å². The number of benzene rings is 1.